The van der Waals surface area contributed by atoms with Gasteiger partial charge in [-0.15, -0.1) is 0 Å². The molecule has 1 amide bonds. The summed E-state index contributed by atoms with van der Waals surface area (Å²) in [5.74, 6) is -0.0867. The predicted molar refractivity (Wildman–Crippen MR) is 107 cm³/mol. The molecule has 3 rings (SSSR count). The highest BCUT2D eigenvalue weighted by Crippen LogP contribution is 2.26. The Morgan fingerprint density at radius 2 is 1.79 bits per heavy atom. The number of hydrogen-bond donors (Lipinski definition) is 1. The number of nitrogens with zero attached hydrogens (tertiary/aromatic N) is 2. The van der Waals surface area contributed by atoms with Gasteiger partial charge in [0, 0.05) is 11.5 Å². The largest absolute Gasteiger partial charge is 0.367 e. The zero-order valence-electron chi connectivity index (χ0n) is 16.3. The molecular weight excluding hydrogens is 357 g/mol. The van der Waals surface area contributed by atoms with E-state index < -0.39 is 0 Å². The summed E-state index contributed by atoms with van der Waals surface area (Å²) < 4.78 is 20.4. The minimum absolute atomic E-state index is 0.0751. The highest BCUT2D eigenvalue weighted by molar-refractivity contribution is 5.91. The quantitative estimate of drug-likeness (QED) is 0.686. The summed E-state index contributed by atoms with van der Waals surface area (Å²) in [7, 11) is 0. The molecule has 1 aromatic heterocycles. The number of nitrogens with one attached hydrogen (secondary N) is 1. The summed E-state index contributed by atoms with van der Waals surface area (Å²) >= 11 is 0. The van der Waals surface area contributed by atoms with Crippen LogP contribution in [-0.4, -0.2) is 22.3 Å². The monoisotopic (exact) mass is 381 g/mol. The van der Waals surface area contributed by atoms with E-state index in [0.29, 0.717) is 18.1 Å². The molecular formula is C22H24FN3O2. The molecule has 146 valence electrons. The van der Waals surface area contributed by atoms with Crippen LogP contribution >= 0.6 is 0 Å². The summed E-state index contributed by atoms with van der Waals surface area (Å²) in [6.45, 7) is 6.41. The Hall–Kier alpha value is -2.99. The smallest absolute Gasteiger partial charge is 0.251 e. The normalized spacial score (nSPS) is 11.4. The van der Waals surface area contributed by atoms with E-state index >= 15 is 0 Å². The van der Waals surface area contributed by atoms with E-state index in [0.717, 1.165) is 11.3 Å². The van der Waals surface area contributed by atoms with Crippen molar-refractivity contribution in [1.82, 2.24) is 9.78 Å². The standard InChI is InChI=1S/C22H24FN3O2/c1-22(2,3)19-13-20(26(25-19)18-11-9-17(23)10-12-18)24-21(27)15-28-14-16-7-5-4-6-8-16/h4-13H,14-15H2,1-3H3,(H,24,27). The molecule has 0 aliphatic rings. The van der Waals surface area contributed by atoms with Gasteiger partial charge in [0.25, 0.3) is 5.91 Å². The average Bonchev–Trinajstić information content (AvgIpc) is 3.07. The third-order valence-corrected chi connectivity index (χ3v) is 4.16. The van der Waals surface area contributed by atoms with Crippen LogP contribution in [0.5, 0.6) is 0 Å². The van der Waals surface area contributed by atoms with Crippen molar-refractivity contribution in [3.8, 4) is 5.69 Å². The summed E-state index contributed by atoms with van der Waals surface area (Å²) in [5, 5.41) is 7.45. The highest BCUT2D eigenvalue weighted by atomic mass is 19.1. The molecule has 3 aromatic rings. The number of carbonyl (C=O) groups excluding carboxylic acids is 1. The van der Waals surface area contributed by atoms with Crippen LogP contribution in [0.25, 0.3) is 5.69 Å². The number of benzene rings is 2. The predicted octanol–water partition coefficient (Wildman–Crippen LogP) is 4.46. The first kappa shape index (κ1) is 19.8. The van der Waals surface area contributed by atoms with Gasteiger partial charge in [-0.2, -0.15) is 5.10 Å². The highest BCUT2D eigenvalue weighted by Gasteiger charge is 2.21. The van der Waals surface area contributed by atoms with Gasteiger partial charge in [0.05, 0.1) is 18.0 Å². The Bertz CT molecular complexity index is 929. The van der Waals surface area contributed by atoms with E-state index in [1.165, 1.54) is 12.1 Å². The van der Waals surface area contributed by atoms with Crippen LogP contribution in [0.1, 0.15) is 32.0 Å². The summed E-state index contributed by atoms with van der Waals surface area (Å²) in [6, 6.07) is 17.5. The van der Waals surface area contributed by atoms with Crippen molar-refractivity contribution in [1.29, 1.82) is 0 Å². The van der Waals surface area contributed by atoms with Gasteiger partial charge in [-0.3, -0.25) is 4.79 Å². The average molecular weight is 381 g/mol. The van der Waals surface area contributed by atoms with Gasteiger partial charge in [0.15, 0.2) is 0 Å². The maximum absolute atomic E-state index is 13.3. The molecule has 0 fully saturated rings. The molecule has 0 unspecified atom stereocenters. The lowest BCUT2D eigenvalue weighted by Gasteiger charge is -2.14. The van der Waals surface area contributed by atoms with Gasteiger partial charge in [0.2, 0.25) is 0 Å². The Morgan fingerprint density at radius 3 is 2.43 bits per heavy atom. The van der Waals surface area contributed by atoms with Crippen LogP contribution in [0.15, 0.2) is 60.7 Å². The number of halogens is 1. The molecule has 6 heteroatoms. The van der Waals surface area contributed by atoms with Gasteiger partial charge >= 0.3 is 0 Å². The number of anilines is 1. The summed E-state index contributed by atoms with van der Waals surface area (Å²) in [4.78, 5) is 12.4. The van der Waals surface area contributed by atoms with Crippen molar-refractivity contribution in [3.63, 3.8) is 0 Å². The first-order chi connectivity index (χ1) is 13.3. The van der Waals surface area contributed by atoms with E-state index in [1.807, 2.05) is 57.2 Å². The van der Waals surface area contributed by atoms with Crippen LogP contribution in [0.2, 0.25) is 0 Å². The van der Waals surface area contributed by atoms with Crippen molar-refractivity contribution in [2.45, 2.75) is 32.8 Å². The van der Waals surface area contributed by atoms with Crippen molar-refractivity contribution in [3.05, 3.63) is 77.7 Å². The maximum Gasteiger partial charge on any atom is 0.251 e. The zero-order chi connectivity index (χ0) is 20.1. The van der Waals surface area contributed by atoms with Gasteiger partial charge < -0.3 is 10.1 Å². The van der Waals surface area contributed by atoms with E-state index in [4.69, 9.17) is 4.74 Å². The zero-order valence-corrected chi connectivity index (χ0v) is 16.3. The van der Waals surface area contributed by atoms with E-state index in [9.17, 15) is 9.18 Å². The Morgan fingerprint density at radius 1 is 1.11 bits per heavy atom. The molecule has 0 bridgehead atoms. The molecule has 0 aliphatic carbocycles. The SMILES string of the molecule is CC(C)(C)c1cc(NC(=O)COCc2ccccc2)n(-c2ccc(F)cc2)n1. The van der Waals surface area contributed by atoms with Gasteiger partial charge in [-0.25, -0.2) is 9.07 Å². The Labute approximate surface area is 164 Å². The second kappa shape index (κ2) is 8.35. The molecule has 28 heavy (non-hydrogen) atoms. The second-order valence-electron chi connectivity index (χ2n) is 7.58. The second-order valence-corrected chi connectivity index (χ2v) is 7.58. The van der Waals surface area contributed by atoms with Crippen LogP contribution in [0.4, 0.5) is 10.2 Å². The van der Waals surface area contributed by atoms with E-state index in [-0.39, 0.29) is 23.7 Å². The topological polar surface area (TPSA) is 56.1 Å². The molecule has 0 saturated carbocycles. The molecule has 0 spiro atoms. The van der Waals surface area contributed by atoms with Crippen LogP contribution in [0.3, 0.4) is 0 Å². The Balaban J connectivity index is 1.73. The van der Waals surface area contributed by atoms with E-state index in [2.05, 4.69) is 10.4 Å². The fourth-order valence-corrected chi connectivity index (χ4v) is 2.63. The van der Waals surface area contributed by atoms with Gasteiger partial charge in [-0.05, 0) is 29.8 Å². The number of rotatable bonds is 6. The number of aromatic nitrogens is 2. The summed E-state index contributed by atoms with van der Waals surface area (Å²) in [5.41, 5.74) is 2.28. The van der Waals surface area contributed by atoms with Gasteiger partial charge in [-0.1, -0.05) is 51.1 Å². The lowest BCUT2D eigenvalue weighted by atomic mass is 9.92. The van der Waals surface area contributed by atoms with Crippen molar-refractivity contribution >= 4 is 11.7 Å². The molecule has 0 aliphatic heterocycles. The minimum atomic E-state index is -0.327. The summed E-state index contributed by atoms with van der Waals surface area (Å²) in [6.07, 6.45) is 0. The molecule has 0 saturated heterocycles. The number of carbonyl (C=O) groups is 1. The molecule has 1 heterocycles. The molecule has 0 atom stereocenters. The molecule has 0 radical (unpaired) electrons. The number of ether oxygens (including phenoxy) is 1. The maximum atomic E-state index is 13.3. The third kappa shape index (κ3) is 5.04. The Kier molecular flexibility index (Phi) is 5.90. The molecule has 5 nitrogen and oxygen atoms in total. The van der Waals surface area contributed by atoms with Gasteiger partial charge in [0.1, 0.15) is 18.2 Å². The fraction of sp³-hybridized carbons (Fsp3) is 0.273. The number of hydrogen-bond acceptors (Lipinski definition) is 3. The molecule has 2 aromatic carbocycles. The van der Waals surface area contributed by atoms with E-state index in [1.54, 1.807) is 16.8 Å². The molecule has 1 N–H and O–H groups in total. The van der Waals surface area contributed by atoms with Crippen molar-refractivity contribution in [2.24, 2.45) is 0 Å². The third-order valence-electron chi connectivity index (χ3n) is 4.16. The number of amides is 1. The van der Waals surface area contributed by atoms with Crippen LogP contribution in [0, 0.1) is 5.82 Å². The van der Waals surface area contributed by atoms with Crippen molar-refractivity contribution < 1.29 is 13.9 Å². The van der Waals surface area contributed by atoms with Crippen LogP contribution in [-0.2, 0) is 21.6 Å². The minimum Gasteiger partial charge on any atom is -0.367 e. The lowest BCUT2D eigenvalue weighted by Crippen LogP contribution is -2.20. The fourth-order valence-electron chi connectivity index (χ4n) is 2.63. The van der Waals surface area contributed by atoms with Crippen molar-refractivity contribution in [2.75, 3.05) is 11.9 Å². The first-order valence-electron chi connectivity index (χ1n) is 9.11. The van der Waals surface area contributed by atoms with Crippen LogP contribution < -0.4 is 5.32 Å². The lowest BCUT2D eigenvalue weighted by molar-refractivity contribution is -0.121. The first-order valence-corrected chi connectivity index (χ1v) is 9.11.